The molecule has 0 aliphatic carbocycles. The Hall–Kier alpha value is -3.34. The van der Waals surface area contributed by atoms with Gasteiger partial charge in [-0.05, 0) is 30.2 Å². The van der Waals surface area contributed by atoms with E-state index in [1.54, 1.807) is 6.08 Å². The van der Waals surface area contributed by atoms with Crippen molar-refractivity contribution in [2.45, 2.75) is 20.0 Å². The minimum atomic E-state index is 0.223. The number of hydrogen-bond acceptors (Lipinski definition) is 5. The lowest BCUT2D eigenvalue weighted by Crippen LogP contribution is -2.29. The van der Waals surface area contributed by atoms with Crippen molar-refractivity contribution in [3.05, 3.63) is 96.0 Å². The maximum Gasteiger partial charge on any atom is 0.129 e. The van der Waals surface area contributed by atoms with Crippen LogP contribution >= 0.6 is 0 Å². The van der Waals surface area contributed by atoms with Crippen LogP contribution in [0.2, 0.25) is 0 Å². The summed E-state index contributed by atoms with van der Waals surface area (Å²) in [6.45, 7) is 7.81. The number of allylic oxidation sites excluding steroid dienone is 1. The lowest BCUT2D eigenvalue weighted by molar-refractivity contribution is 0.305. The average Bonchev–Trinajstić information content (AvgIpc) is 2.71. The highest BCUT2D eigenvalue weighted by molar-refractivity contribution is 5.70. The molecule has 0 spiro atoms. The SMILES string of the molecule is C=CCN(CCC)C(/C=C(\N)c1ccccc1OCc1ccccc1)=C(N)N. The highest BCUT2D eigenvalue weighted by Gasteiger charge is 2.12. The molecule has 0 unspecified atom stereocenters. The van der Waals surface area contributed by atoms with Crippen molar-refractivity contribution in [3.8, 4) is 5.75 Å². The molecule has 0 heterocycles. The van der Waals surface area contributed by atoms with Gasteiger partial charge in [0, 0.05) is 24.4 Å². The highest BCUT2D eigenvalue weighted by atomic mass is 16.5. The quantitative estimate of drug-likeness (QED) is 0.434. The van der Waals surface area contributed by atoms with Gasteiger partial charge in [0.25, 0.3) is 0 Å². The van der Waals surface area contributed by atoms with E-state index in [4.69, 9.17) is 21.9 Å². The van der Waals surface area contributed by atoms with Gasteiger partial charge in [0.1, 0.15) is 18.2 Å². The number of nitrogens with zero attached hydrogens (tertiary/aromatic N) is 1. The van der Waals surface area contributed by atoms with Gasteiger partial charge < -0.3 is 26.8 Å². The molecule has 2 aromatic carbocycles. The third kappa shape index (κ3) is 5.84. The summed E-state index contributed by atoms with van der Waals surface area (Å²) in [6, 6.07) is 17.7. The second-order valence-corrected chi connectivity index (χ2v) is 6.45. The summed E-state index contributed by atoms with van der Waals surface area (Å²) in [7, 11) is 0. The van der Waals surface area contributed by atoms with E-state index in [0.29, 0.717) is 30.3 Å². The standard InChI is InChI=1S/C23H30N4O/c1-3-14-27(15-4-2)21(23(25)26)16-20(24)19-12-8-9-13-22(19)28-17-18-10-6-5-7-11-18/h3,5-13,16H,1,4,14-15,17,24-26H2,2H3/b20-16-. The van der Waals surface area contributed by atoms with Crippen LogP contribution in [0.25, 0.3) is 5.70 Å². The fourth-order valence-corrected chi connectivity index (χ4v) is 2.88. The Labute approximate surface area is 167 Å². The van der Waals surface area contributed by atoms with Crippen molar-refractivity contribution in [1.29, 1.82) is 0 Å². The number of rotatable bonds is 10. The predicted molar refractivity (Wildman–Crippen MR) is 117 cm³/mol. The Morgan fingerprint density at radius 1 is 1.04 bits per heavy atom. The van der Waals surface area contributed by atoms with Gasteiger partial charge in [0.15, 0.2) is 0 Å². The van der Waals surface area contributed by atoms with Gasteiger partial charge in [-0.3, -0.25) is 0 Å². The summed E-state index contributed by atoms with van der Waals surface area (Å²) < 4.78 is 6.01. The van der Waals surface area contributed by atoms with Gasteiger partial charge in [0.05, 0.1) is 5.70 Å². The zero-order valence-electron chi connectivity index (χ0n) is 16.5. The number of ether oxygens (including phenoxy) is 1. The predicted octanol–water partition coefficient (Wildman–Crippen LogP) is 3.55. The second kappa shape index (κ2) is 10.7. The van der Waals surface area contributed by atoms with Gasteiger partial charge in [-0.25, -0.2) is 0 Å². The Morgan fingerprint density at radius 2 is 1.71 bits per heavy atom. The molecular formula is C23H30N4O. The molecule has 0 aliphatic rings. The minimum absolute atomic E-state index is 0.223. The molecule has 0 atom stereocenters. The van der Waals surface area contributed by atoms with E-state index in [1.807, 2.05) is 60.7 Å². The summed E-state index contributed by atoms with van der Waals surface area (Å²) >= 11 is 0. The van der Waals surface area contributed by atoms with Crippen LogP contribution in [0.1, 0.15) is 24.5 Å². The number of benzene rings is 2. The van der Waals surface area contributed by atoms with Crippen molar-refractivity contribution in [1.82, 2.24) is 4.90 Å². The first-order valence-electron chi connectivity index (χ1n) is 9.41. The van der Waals surface area contributed by atoms with Gasteiger partial charge in [-0.2, -0.15) is 0 Å². The average molecular weight is 379 g/mol. The largest absolute Gasteiger partial charge is 0.488 e. The molecule has 0 saturated heterocycles. The highest BCUT2D eigenvalue weighted by Crippen LogP contribution is 2.25. The molecule has 0 bridgehead atoms. The van der Waals surface area contributed by atoms with Crippen LogP contribution in [0.5, 0.6) is 5.75 Å². The molecule has 0 amide bonds. The van der Waals surface area contributed by atoms with Crippen LogP contribution in [0.4, 0.5) is 0 Å². The van der Waals surface area contributed by atoms with E-state index in [9.17, 15) is 0 Å². The lowest BCUT2D eigenvalue weighted by Gasteiger charge is -2.25. The molecule has 0 radical (unpaired) electrons. The van der Waals surface area contributed by atoms with E-state index in [1.165, 1.54) is 0 Å². The van der Waals surface area contributed by atoms with Crippen molar-refractivity contribution >= 4 is 5.70 Å². The number of para-hydroxylation sites is 1. The Kier molecular flexibility index (Phi) is 8.03. The van der Waals surface area contributed by atoms with Crippen LogP contribution < -0.4 is 21.9 Å². The molecule has 0 saturated carbocycles. The maximum absolute atomic E-state index is 6.42. The van der Waals surface area contributed by atoms with Gasteiger partial charge in [-0.15, -0.1) is 6.58 Å². The first-order valence-corrected chi connectivity index (χ1v) is 9.41. The van der Waals surface area contributed by atoms with Crippen LogP contribution in [0.3, 0.4) is 0 Å². The van der Waals surface area contributed by atoms with E-state index < -0.39 is 0 Å². The summed E-state index contributed by atoms with van der Waals surface area (Å²) in [5, 5.41) is 0. The number of nitrogens with two attached hydrogens (primary N) is 3. The third-order valence-electron chi connectivity index (χ3n) is 4.21. The third-order valence-corrected chi connectivity index (χ3v) is 4.21. The van der Waals surface area contributed by atoms with Crippen LogP contribution in [-0.4, -0.2) is 18.0 Å². The molecule has 0 aromatic heterocycles. The first kappa shape index (κ1) is 21.0. The summed E-state index contributed by atoms with van der Waals surface area (Å²) in [6.07, 6.45) is 4.58. The van der Waals surface area contributed by atoms with E-state index in [0.717, 1.165) is 24.1 Å². The summed E-state index contributed by atoms with van der Waals surface area (Å²) in [4.78, 5) is 2.06. The summed E-state index contributed by atoms with van der Waals surface area (Å²) in [5.74, 6) is 0.932. The fraction of sp³-hybridized carbons (Fsp3) is 0.217. The van der Waals surface area contributed by atoms with Crippen molar-refractivity contribution in [3.63, 3.8) is 0 Å². The smallest absolute Gasteiger partial charge is 0.129 e. The summed E-state index contributed by atoms with van der Waals surface area (Å²) in [5.41, 5.74) is 21.4. The molecule has 6 N–H and O–H groups in total. The zero-order valence-corrected chi connectivity index (χ0v) is 16.5. The van der Waals surface area contributed by atoms with Crippen molar-refractivity contribution < 1.29 is 4.74 Å². The van der Waals surface area contributed by atoms with Crippen LogP contribution in [0.15, 0.2) is 84.8 Å². The van der Waals surface area contributed by atoms with Crippen molar-refractivity contribution in [2.75, 3.05) is 13.1 Å². The molecule has 148 valence electrons. The van der Waals surface area contributed by atoms with Gasteiger partial charge in [0.2, 0.25) is 0 Å². The van der Waals surface area contributed by atoms with Crippen molar-refractivity contribution in [2.24, 2.45) is 17.2 Å². The molecule has 5 nitrogen and oxygen atoms in total. The molecule has 0 aliphatic heterocycles. The lowest BCUT2D eigenvalue weighted by atomic mass is 10.1. The minimum Gasteiger partial charge on any atom is -0.488 e. The molecular weight excluding hydrogens is 348 g/mol. The number of hydrogen-bond donors (Lipinski definition) is 3. The zero-order chi connectivity index (χ0) is 20.4. The Bertz CT molecular complexity index is 824. The Balaban J connectivity index is 2.29. The maximum atomic E-state index is 6.42. The monoisotopic (exact) mass is 378 g/mol. The molecule has 2 rings (SSSR count). The molecule has 28 heavy (non-hydrogen) atoms. The molecule has 2 aromatic rings. The van der Waals surface area contributed by atoms with Crippen LogP contribution in [0, 0.1) is 0 Å². The normalized spacial score (nSPS) is 11.0. The van der Waals surface area contributed by atoms with Gasteiger partial charge >= 0.3 is 0 Å². The van der Waals surface area contributed by atoms with Gasteiger partial charge in [-0.1, -0.05) is 55.5 Å². The second-order valence-electron chi connectivity index (χ2n) is 6.45. The molecule has 0 fully saturated rings. The molecule has 5 heteroatoms. The van der Waals surface area contributed by atoms with Crippen LogP contribution in [-0.2, 0) is 6.61 Å². The topological polar surface area (TPSA) is 90.5 Å². The van der Waals surface area contributed by atoms with E-state index >= 15 is 0 Å². The fourth-order valence-electron chi connectivity index (χ4n) is 2.88. The Morgan fingerprint density at radius 3 is 2.36 bits per heavy atom. The van der Waals surface area contributed by atoms with E-state index in [2.05, 4.69) is 18.4 Å². The first-order chi connectivity index (χ1) is 13.6. The van der Waals surface area contributed by atoms with E-state index in [-0.39, 0.29) is 5.82 Å².